The third-order valence-corrected chi connectivity index (χ3v) is 3.06. The van der Waals surface area contributed by atoms with Gasteiger partial charge in [0.2, 0.25) is 0 Å². The Balaban J connectivity index is 2.80. The number of hydrogen-bond donors (Lipinski definition) is 3. The Bertz CT molecular complexity index is 437. The zero-order chi connectivity index (χ0) is 13.6. The summed E-state index contributed by atoms with van der Waals surface area (Å²) in [5, 5.41) is 10.2. The molecule has 0 fully saturated rings. The zero-order valence-electron chi connectivity index (χ0n) is 9.65. The molecule has 1 rings (SSSR count). The van der Waals surface area contributed by atoms with Crippen LogP contribution in [0, 0.1) is 0 Å². The second-order valence-electron chi connectivity index (χ2n) is 3.50. The molecule has 1 unspecified atom stereocenters. The third kappa shape index (κ3) is 4.56. The number of benzene rings is 1. The number of hydrogen-bond acceptors (Lipinski definition) is 5. The van der Waals surface area contributed by atoms with Crippen molar-refractivity contribution in [1.82, 2.24) is 5.09 Å². The maximum atomic E-state index is 11.5. The van der Waals surface area contributed by atoms with Gasteiger partial charge in [0.25, 0.3) is 0 Å². The minimum atomic E-state index is -4.43. The maximum Gasteiger partial charge on any atom is 0.430 e. The first-order chi connectivity index (χ1) is 8.48. The average Bonchev–Trinajstić information content (AvgIpc) is 2.38. The molecule has 0 aliphatic carbocycles. The molecule has 100 valence electrons. The number of carbonyl (C=O) groups excluding carboxylic acids is 1. The van der Waals surface area contributed by atoms with Gasteiger partial charge in [-0.15, -0.1) is 4.67 Å². The lowest BCUT2D eigenvalue weighted by molar-refractivity contribution is -0.151. The van der Waals surface area contributed by atoms with Crippen molar-refractivity contribution in [2.24, 2.45) is 0 Å². The van der Waals surface area contributed by atoms with Crippen molar-refractivity contribution >= 4 is 13.7 Å². The van der Waals surface area contributed by atoms with Crippen LogP contribution in [-0.4, -0.2) is 29.3 Å². The third-order valence-electron chi connectivity index (χ3n) is 2.20. The summed E-state index contributed by atoms with van der Waals surface area (Å²) < 4.78 is 19.1. The van der Waals surface area contributed by atoms with Crippen molar-refractivity contribution in [3.8, 4) is 0 Å². The fraction of sp³-hybridized carbons (Fsp3) is 0.300. The SMILES string of the molecule is COC(=O)[C@H](Cc1ccccc1)NP(=O)(O)OO. The van der Waals surface area contributed by atoms with E-state index < -0.39 is 19.8 Å². The van der Waals surface area contributed by atoms with Gasteiger partial charge in [-0.3, -0.25) is 4.79 Å². The van der Waals surface area contributed by atoms with Crippen LogP contribution >= 0.6 is 7.75 Å². The van der Waals surface area contributed by atoms with Gasteiger partial charge in [-0.05, 0) is 12.0 Å². The molecule has 0 heterocycles. The molecule has 1 aromatic carbocycles. The number of rotatable bonds is 6. The topological polar surface area (TPSA) is 105 Å². The Labute approximate surface area is 104 Å². The highest BCUT2D eigenvalue weighted by Crippen LogP contribution is 2.36. The highest BCUT2D eigenvalue weighted by atomic mass is 31.2. The molecule has 1 aromatic rings. The van der Waals surface area contributed by atoms with Gasteiger partial charge in [0.15, 0.2) is 0 Å². The normalized spacial score (nSPS) is 15.7. The standard InChI is InChI=1S/C10H14NO6P/c1-16-10(12)9(11-18(14,15)17-13)7-8-5-3-2-4-6-8/h2-6,9,13H,7H2,1H3,(H2,11,14,15)/t9-/m0/s1. The molecule has 8 heteroatoms. The van der Waals surface area contributed by atoms with Crippen LogP contribution in [0.4, 0.5) is 0 Å². The highest BCUT2D eigenvalue weighted by Gasteiger charge is 2.29. The van der Waals surface area contributed by atoms with Gasteiger partial charge in [0.1, 0.15) is 6.04 Å². The number of carbonyl (C=O) groups is 1. The van der Waals surface area contributed by atoms with E-state index in [4.69, 9.17) is 10.2 Å². The first kappa shape index (κ1) is 14.8. The molecule has 18 heavy (non-hydrogen) atoms. The van der Waals surface area contributed by atoms with Crippen LogP contribution < -0.4 is 5.09 Å². The van der Waals surface area contributed by atoms with Gasteiger partial charge >= 0.3 is 13.7 Å². The lowest BCUT2D eigenvalue weighted by Crippen LogP contribution is -2.37. The fourth-order valence-electron chi connectivity index (χ4n) is 1.39. The Hall–Kier alpha value is -1.24. The van der Waals surface area contributed by atoms with Crippen LogP contribution in [0.25, 0.3) is 0 Å². The van der Waals surface area contributed by atoms with E-state index in [-0.39, 0.29) is 6.42 Å². The summed E-state index contributed by atoms with van der Waals surface area (Å²) in [5.74, 6) is -0.731. The van der Waals surface area contributed by atoms with E-state index >= 15 is 0 Å². The van der Waals surface area contributed by atoms with E-state index in [0.29, 0.717) is 0 Å². The summed E-state index contributed by atoms with van der Waals surface area (Å²) in [7, 11) is -3.27. The minimum Gasteiger partial charge on any atom is -0.468 e. The molecule has 0 amide bonds. The Kier molecular flexibility index (Phi) is 5.46. The van der Waals surface area contributed by atoms with E-state index in [2.05, 4.69) is 9.41 Å². The van der Waals surface area contributed by atoms with Crippen molar-refractivity contribution in [1.29, 1.82) is 0 Å². The molecule has 0 aromatic heterocycles. The smallest absolute Gasteiger partial charge is 0.430 e. The summed E-state index contributed by atoms with van der Waals surface area (Å²) in [5.41, 5.74) is 0.762. The monoisotopic (exact) mass is 275 g/mol. The predicted molar refractivity (Wildman–Crippen MR) is 62.6 cm³/mol. The predicted octanol–water partition coefficient (Wildman–Crippen LogP) is 0.950. The van der Waals surface area contributed by atoms with E-state index in [1.807, 2.05) is 5.09 Å². The summed E-state index contributed by atoms with van der Waals surface area (Å²) in [6.45, 7) is 0. The molecule has 2 atom stereocenters. The van der Waals surface area contributed by atoms with E-state index in [1.165, 1.54) is 0 Å². The average molecular weight is 275 g/mol. The van der Waals surface area contributed by atoms with E-state index in [1.54, 1.807) is 30.3 Å². The van der Waals surface area contributed by atoms with Crippen LogP contribution in [-0.2, 0) is 25.2 Å². The molecule has 7 nitrogen and oxygen atoms in total. The molecule has 0 aliphatic heterocycles. The molecular formula is C10H14NO6P. The quantitative estimate of drug-likeness (QED) is 0.307. The first-order valence-electron chi connectivity index (χ1n) is 5.04. The van der Waals surface area contributed by atoms with Crippen molar-refractivity contribution < 1.29 is 28.9 Å². The van der Waals surface area contributed by atoms with E-state index in [0.717, 1.165) is 12.7 Å². The van der Waals surface area contributed by atoms with Crippen LogP contribution in [0.5, 0.6) is 0 Å². The van der Waals surface area contributed by atoms with Gasteiger partial charge in [0.05, 0.1) is 7.11 Å². The summed E-state index contributed by atoms with van der Waals surface area (Å²) in [6.07, 6.45) is 0.126. The maximum absolute atomic E-state index is 11.5. The van der Waals surface area contributed by atoms with Crippen molar-refractivity contribution in [3.63, 3.8) is 0 Å². The molecule has 0 bridgehead atoms. The Morgan fingerprint density at radius 1 is 1.44 bits per heavy atom. The van der Waals surface area contributed by atoms with E-state index in [9.17, 15) is 9.36 Å². The second-order valence-corrected chi connectivity index (χ2v) is 4.96. The first-order valence-corrected chi connectivity index (χ1v) is 6.62. The van der Waals surface area contributed by atoms with Crippen LogP contribution in [0.2, 0.25) is 0 Å². The molecule has 3 N–H and O–H groups in total. The van der Waals surface area contributed by atoms with Crippen molar-refractivity contribution in [2.45, 2.75) is 12.5 Å². The van der Waals surface area contributed by atoms with Gasteiger partial charge < -0.3 is 9.63 Å². The lowest BCUT2D eigenvalue weighted by Gasteiger charge is -2.18. The van der Waals surface area contributed by atoms with Crippen molar-refractivity contribution in [2.75, 3.05) is 7.11 Å². The molecule has 0 saturated carbocycles. The highest BCUT2D eigenvalue weighted by molar-refractivity contribution is 7.50. The summed E-state index contributed by atoms with van der Waals surface area (Å²) >= 11 is 0. The van der Waals surface area contributed by atoms with Crippen LogP contribution in [0.1, 0.15) is 5.56 Å². The van der Waals surface area contributed by atoms with Crippen LogP contribution in [0.3, 0.4) is 0 Å². The van der Waals surface area contributed by atoms with Gasteiger partial charge in [-0.25, -0.2) is 14.9 Å². The molecule has 0 spiro atoms. The van der Waals surface area contributed by atoms with Crippen LogP contribution in [0.15, 0.2) is 30.3 Å². The zero-order valence-corrected chi connectivity index (χ0v) is 10.5. The number of methoxy groups -OCH3 is 1. The number of nitrogens with one attached hydrogen (secondary N) is 1. The fourth-order valence-corrected chi connectivity index (χ4v) is 2.03. The van der Waals surface area contributed by atoms with Gasteiger partial charge in [-0.2, -0.15) is 0 Å². The second kappa shape index (κ2) is 6.63. The van der Waals surface area contributed by atoms with Gasteiger partial charge in [-0.1, -0.05) is 30.3 Å². The lowest BCUT2D eigenvalue weighted by atomic mass is 10.1. The van der Waals surface area contributed by atoms with Gasteiger partial charge in [0, 0.05) is 0 Å². The minimum absolute atomic E-state index is 0.126. The van der Waals surface area contributed by atoms with Crippen molar-refractivity contribution in [3.05, 3.63) is 35.9 Å². The molecule has 0 aliphatic rings. The summed E-state index contributed by atoms with van der Waals surface area (Å²) in [6, 6.07) is 7.74. The Morgan fingerprint density at radius 2 is 2.06 bits per heavy atom. The molecule has 0 saturated heterocycles. The molecular weight excluding hydrogens is 261 g/mol. The molecule has 0 radical (unpaired) electrons. The number of ether oxygens (including phenoxy) is 1. The Morgan fingerprint density at radius 3 is 2.56 bits per heavy atom. The summed E-state index contributed by atoms with van der Waals surface area (Å²) in [4.78, 5) is 20.5. The largest absolute Gasteiger partial charge is 0.468 e. The number of esters is 1.